The van der Waals surface area contributed by atoms with Crippen molar-refractivity contribution in [2.24, 2.45) is 0 Å². The van der Waals surface area contributed by atoms with Crippen molar-refractivity contribution in [3.05, 3.63) is 0 Å². The molecular weight excluding hydrogens is 200 g/mol. The van der Waals surface area contributed by atoms with E-state index in [1.807, 2.05) is 0 Å². The lowest BCUT2D eigenvalue weighted by Gasteiger charge is -2.23. The predicted molar refractivity (Wildman–Crippen MR) is 73.6 cm³/mol. The summed E-state index contributed by atoms with van der Waals surface area (Å²) in [5.74, 6) is 0. The summed E-state index contributed by atoms with van der Waals surface area (Å²) in [7, 11) is 8.13. The van der Waals surface area contributed by atoms with Crippen molar-refractivity contribution in [2.45, 2.75) is 38.1 Å². The SMILES string of the molecule is C[N+](C)(C)CCNCCCCCCC[SiH3]. The van der Waals surface area contributed by atoms with Crippen molar-refractivity contribution in [1.29, 1.82) is 0 Å². The monoisotopic (exact) mass is 231 g/mol. The van der Waals surface area contributed by atoms with Crippen LogP contribution < -0.4 is 5.32 Å². The molecule has 3 heteroatoms. The van der Waals surface area contributed by atoms with Gasteiger partial charge in [-0.15, -0.1) is 0 Å². The van der Waals surface area contributed by atoms with Gasteiger partial charge < -0.3 is 9.80 Å². The third kappa shape index (κ3) is 14.1. The number of rotatable bonds is 10. The van der Waals surface area contributed by atoms with E-state index in [9.17, 15) is 0 Å². The molecule has 0 unspecified atom stereocenters. The Morgan fingerprint density at radius 1 is 0.867 bits per heavy atom. The molecule has 0 saturated heterocycles. The Morgan fingerprint density at radius 2 is 1.47 bits per heavy atom. The van der Waals surface area contributed by atoms with Gasteiger partial charge in [0, 0.05) is 16.8 Å². The molecule has 0 aromatic rings. The average Bonchev–Trinajstić information content (AvgIpc) is 2.14. The fraction of sp³-hybridized carbons (Fsp3) is 1.00. The molecule has 0 aromatic carbocycles. The number of quaternary nitrogens is 1. The van der Waals surface area contributed by atoms with Crippen LogP contribution in [-0.2, 0) is 0 Å². The van der Waals surface area contributed by atoms with Gasteiger partial charge in [-0.3, -0.25) is 0 Å². The molecule has 1 N–H and O–H groups in total. The highest BCUT2D eigenvalue weighted by atomic mass is 28.1. The first-order chi connectivity index (χ1) is 7.06. The zero-order valence-electron chi connectivity index (χ0n) is 11.3. The molecule has 0 fully saturated rings. The Hall–Kier alpha value is 0.137. The highest BCUT2D eigenvalue weighted by Crippen LogP contribution is 2.03. The fourth-order valence-electron chi connectivity index (χ4n) is 1.57. The maximum absolute atomic E-state index is 3.52. The predicted octanol–water partition coefficient (Wildman–Crippen LogP) is 1.02. The minimum absolute atomic E-state index is 1.06. The van der Waals surface area contributed by atoms with Gasteiger partial charge in [-0.1, -0.05) is 31.7 Å². The summed E-state index contributed by atoms with van der Waals surface area (Å²) >= 11 is 0. The fourth-order valence-corrected chi connectivity index (χ4v) is 2.07. The smallest absolute Gasteiger partial charge is 0.0907 e. The van der Waals surface area contributed by atoms with Crippen LogP contribution in [0.5, 0.6) is 0 Å². The maximum atomic E-state index is 3.52. The summed E-state index contributed by atoms with van der Waals surface area (Å²) in [5.41, 5.74) is 0. The second kappa shape index (κ2) is 9.37. The molecule has 0 bridgehead atoms. The summed E-state index contributed by atoms with van der Waals surface area (Å²) in [6, 6.07) is 1.49. The van der Waals surface area contributed by atoms with E-state index in [0.29, 0.717) is 0 Å². The van der Waals surface area contributed by atoms with Gasteiger partial charge in [0.1, 0.15) is 0 Å². The topological polar surface area (TPSA) is 12.0 Å². The summed E-state index contributed by atoms with van der Waals surface area (Å²) in [6.45, 7) is 3.59. The number of hydrogen-bond donors (Lipinski definition) is 1. The minimum Gasteiger partial charge on any atom is -0.330 e. The van der Waals surface area contributed by atoms with E-state index < -0.39 is 0 Å². The molecule has 0 aliphatic heterocycles. The van der Waals surface area contributed by atoms with Crippen LogP contribution in [0.1, 0.15) is 32.1 Å². The molecule has 0 aromatic heterocycles. The first-order valence-electron chi connectivity index (χ1n) is 6.57. The Balaban J connectivity index is 2.99. The summed E-state index contributed by atoms with van der Waals surface area (Å²) in [4.78, 5) is 0. The van der Waals surface area contributed by atoms with Crippen LogP contribution in [0.15, 0.2) is 0 Å². The van der Waals surface area contributed by atoms with Gasteiger partial charge in [-0.2, -0.15) is 0 Å². The first-order valence-corrected chi connectivity index (χ1v) is 7.99. The van der Waals surface area contributed by atoms with Crippen LogP contribution in [0.4, 0.5) is 0 Å². The van der Waals surface area contributed by atoms with Gasteiger partial charge in [-0.05, 0) is 13.0 Å². The van der Waals surface area contributed by atoms with Crippen molar-refractivity contribution < 1.29 is 4.48 Å². The lowest BCUT2D eigenvalue weighted by atomic mass is 10.1. The molecule has 0 amide bonds. The van der Waals surface area contributed by atoms with Crippen LogP contribution in [0.3, 0.4) is 0 Å². The second-order valence-corrected chi connectivity index (χ2v) is 6.53. The summed E-state index contributed by atoms with van der Waals surface area (Å²) in [5, 5.41) is 3.52. The van der Waals surface area contributed by atoms with Crippen molar-refractivity contribution >= 4 is 10.2 Å². The van der Waals surface area contributed by atoms with E-state index >= 15 is 0 Å². The quantitative estimate of drug-likeness (QED) is 0.336. The van der Waals surface area contributed by atoms with Gasteiger partial charge in [0.2, 0.25) is 0 Å². The third-order valence-corrected chi connectivity index (χ3v) is 3.37. The lowest BCUT2D eigenvalue weighted by molar-refractivity contribution is -0.869. The standard InChI is InChI=1S/C12H31N2Si/c1-14(2,3)11-10-13-9-7-5-4-6-8-12-15/h13H,4-12H2,1-3,15H3/q+1. The highest BCUT2D eigenvalue weighted by molar-refractivity contribution is 6.08. The van der Waals surface area contributed by atoms with Gasteiger partial charge in [-0.25, -0.2) is 0 Å². The summed E-state index contributed by atoms with van der Waals surface area (Å²) in [6.07, 6.45) is 7.15. The van der Waals surface area contributed by atoms with Crippen LogP contribution in [-0.4, -0.2) is 55.5 Å². The summed E-state index contributed by atoms with van der Waals surface area (Å²) < 4.78 is 1.06. The molecule has 0 radical (unpaired) electrons. The number of likely N-dealkylation sites (N-methyl/N-ethyl adjacent to an activating group) is 1. The molecule has 0 spiro atoms. The number of hydrogen-bond acceptors (Lipinski definition) is 1. The van der Waals surface area contributed by atoms with Crippen LogP contribution >= 0.6 is 0 Å². The van der Waals surface area contributed by atoms with E-state index in [0.717, 1.165) is 11.0 Å². The van der Waals surface area contributed by atoms with Crippen molar-refractivity contribution in [1.82, 2.24) is 5.32 Å². The van der Waals surface area contributed by atoms with Gasteiger partial charge in [0.15, 0.2) is 0 Å². The van der Waals surface area contributed by atoms with E-state index in [-0.39, 0.29) is 0 Å². The Labute approximate surface area is 99.4 Å². The Bertz CT molecular complexity index is 132. The third-order valence-electron chi connectivity index (χ3n) is 2.67. The first kappa shape index (κ1) is 15.1. The lowest BCUT2D eigenvalue weighted by Crippen LogP contribution is -2.40. The maximum Gasteiger partial charge on any atom is 0.0907 e. The van der Waals surface area contributed by atoms with Gasteiger partial charge >= 0.3 is 0 Å². The zero-order valence-corrected chi connectivity index (χ0v) is 13.3. The normalized spacial score (nSPS) is 12.2. The van der Waals surface area contributed by atoms with E-state index in [1.54, 1.807) is 0 Å². The van der Waals surface area contributed by atoms with Gasteiger partial charge in [0.25, 0.3) is 0 Å². The highest BCUT2D eigenvalue weighted by Gasteiger charge is 2.04. The molecule has 0 aliphatic carbocycles. The Morgan fingerprint density at radius 3 is 2.07 bits per heavy atom. The van der Waals surface area contributed by atoms with Crippen molar-refractivity contribution in [2.75, 3.05) is 40.8 Å². The van der Waals surface area contributed by atoms with E-state index in [4.69, 9.17) is 0 Å². The minimum atomic E-state index is 1.06. The van der Waals surface area contributed by atoms with Crippen LogP contribution in [0, 0.1) is 0 Å². The van der Waals surface area contributed by atoms with Crippen molar-refractivity contribution in [3.63, 3.8) is 0 Å². The Kier molecular flexibility index (Phi) is 9.45. The second-order valence-electron chi connectivity index (χ2n) is 5.53. The number of unbranched alkanes of at least 4 members (excludes halogenated alkanes) is 4. The average molecular weight is 231 g/mol. The molecule has 0 atom stereocenters. The van der Waals surface area contributed by atoms with Gasteiger partial charge in [0.05, 0.1) is 27.7 Å². The molecule has 2 nitrogen and oxygen atoms in total. The molecule has 0 heterocycles. The molecule has 0 rings (SSSR count). The molecule has 92 valence electrons. The molecule has 0 aliphatic rings. The number of nitrogens with zero attached hydrogens (tertiary/aromatic N) is 1. The van der Waals surface area contributed by atoms with E-state index in [1.165, 1.54) is 61.5 Å². The largest absolute Gasteiger partial charge is 0.330 e. The van der Waals surface area contributed by atoms with Crippen molar-refractivity contribution in [3.8, 4) is 0 Å². The van der Waals surface area contributed by atoms with Crippen LogP contribution in [0.2, 0.25) is 6.04 Å². The molecular formula is C12H31N2Si+. The molecule has 15 heavy (non-hydrogen) atoms. The number of nitrogens with one attached hydrogen (secondary N) is 1. The van der Waals surface area contributed by atoms with Crippen LogP contribution in [0.25, 0.3) is 0 Å². The zero-order chi connectivity index (χ0) is 11.6. The molecule has 0 saturated carbocycles. The van der Waals surface area contributed by atoms with E-state index in [2.05, 4.69) is 26.5 Å².